The molecule has 2 fully saturated rings. The summed E-state index contributed by atoms with van der Waals surface area (Å²) in [7, 11) is 0. The maximum Gasteiger partial charge on any atom is 0.412 e. The highest BCUT2D eigenvalue weighted by atomic mass is 16.7. The van der Waals surface area contributed by atoms with Gasteiger partial charge in [-0.2, -0.15) is 0 Å². The van der Waals surface area contributed by atoms with Crippen LogP contribution in [0.2, 0.25) is 0 Å². The van der Waals surface area contributed by atoms with E-state index in [1.165, 1.54) is 4.90 Å². The second kappa shape index (κ2) is 8.50. The lowest BCUT2D eigenvalue weighted by atomic mass is 9.85. The molecule has 31 heavy (non-hydrogen) atoms. The van der Waals surface area contributed by atoms with Crippen LogP contribution in [-0.4, -0.2) is 64.9 Å². The van der Waals surface area contributed by atoms with Gasteiger partial charge in [0.25, 0.3) is 0 Å². The number of aliphatic hydroxyl groups is 1. The second-order valence-corrected chi connectivity index (χ2v) is 9.73. The number of amides is 1. The molecule has 2 aliphatic heterocycles. The first kappa shape index (κ1) is 23.7. The first-order valence-electron chi connectivity index (χ1n) is 10.5. The van der Waals surface area contributed by atoms with Gasteiger partial charge in [0.15, 0.2) is 11.6 Å². The van der Waals surface area contributed by atoms with Crippen LogP contribution < -0.4 is 0 Å². The standard InChI is InChI=1S/C23H33NO7/c1-21(2,3)23(6)29-14-16(25)19(31-23)18(26)17-12-24(22(4,5)30-17)20(27)28-13-15-10-8-7-9-11-15/h7-11,17-19,26H,12-14H2,1-6H3/t17-,18-,19-,23+/m0/s1. The molecule has 1 aromatic carbocycles. The van der Waals surface area contributed by atoms with Crippen molar-refractivity contribution in [3.05, 3.63) is 35.9 Å². The van der Waals surface area contributed by atoms with Gasteiger partial charge in [0.1, 0.15) is 37.3 Å². The zero-order chi connectivity index (χ0) is 23.0. The summed E-state index contributed by atoms with van der Waals surface area (Å²) in [5, 5.41) is 11.0. The monoisotopic (exact) mass is 435 g/mol. The Morgan fingerprint density at radius 3 is 2.48 bits per heavy atom. The molecule has 1 amide bonds. The molecule has 0 spiro atoms. The largest absolute Gasteiger partial charge is 0.444 e. The van der Waals surface area contributed by atoms with Gasteiger partial charge in [0, 0.05) is 5.41 Å². The lowest BCUT2D eigenvalue weighted by Crippen LogP contribution is -2.59. The number of Topliss-reactive ketones (excluding diaryl/α,β-unsaturated/α-hetero) is 1. The Labute approximate surface area is 183 Å². The molecule has 0 unspecified atom stereocenters. The zero-order valence-electron chi connectivity index (χ0n) is 19.1. The average Bonchev–Trinajstić information content (AvgIpc) is 3.03. The molecular formula is C23H33NO7. The summed E-state index contributed by atoms with van der Waals surface area (Å²) in [6, 6.07) is 9.36. The van der Waals surface area contributed by atoms with E-state index in [1.54, 1.807) is 20.8 Å². The Morgan fingerprint density at radius 2 is 1.87 bits per heavy atom. The van der Waals surface area contributed by atoms with Crippen molar-refractivity contribution in [3.63, 3.8) is 0 Å². The molecule has 2 saturated heterocycles. The van der Waals surface area contributed by atoms with Gasteiger partial charge in [-0.25, -0.2) is 4.79 Å². The van der Waals surface area contributed by atoms with Gasteiger partial charge in [-0.05, 0) is 26.3 Å². The van der Waals surface area contributed by atoms with E-state index in [1.807, 2.05) is 51.1 Å². The fourth-order valence-corrected chi connectivity index (χ4v) is 3.62. The molecule has 0 aromatic heterocycles. The van der Waals surface area contributed by atoms with Crippen molar-refractivity contribution in [1.82, 2.24) is 4.90 Å². The number of carbonyl (C=O) groups excluding carboxylic acids is 2. The molecule has 1 N–H and O–H groups in total. The maximum atomic E-state index is 12.7. The second-order valence-electron chi connectivity index (χ2n) is 9.73. The molecular weight excluding hydrogens is 402 g/mol. The van der Waals surface area contributed by atoms with Crippen LogP contribution in [0, 0.1) is 5.41 Å². The molecule has 0 saturated carbocycles. The van der Waals surface area contributed by atoms with Crippen molar-refractivity contribution in [2.24, 2.45) is 5.41 Å². The molecule has 2 aliphatic rings. The van der Waals surface area contributed by atoms with Crippen molar-refractivity contribution in [2.75, 3.05) is 13.2 Å². The lowest BCUT2D eigenvalue weighted by molar-refractivity contribution is -0.322. The third-order valence-corrected chi connectivity index (χ3v) is 6.09. The SMILES string of the molecule is CC1(C)O[C@H]([C@H](O)[C@H]2O[C@](C)(C(C)(C)C)OCC2=O)CN1C(=O)OCc1ccccc1. The number of nitrogens with zero attached hydrogens (tertiary/aromatic N) is 1. The number of carbonyl (C=O) groups is 2. The number of aliphatic hydroxyl groups excluding tert-OH is 1. The fourth-order valence-electron chi connectivity index (χ4n) is 3.62. The van der Waals surface area contributed by atoms with Gasteiger partial charge in [0.2, 0.25) is 0 Å². The smallest absolute Gasteiger partial charge is 0.412 e. The van der Waals surface area contributed by atoms with Crippen molar-refractivity contribution < 1.29 is 33.6 Å². The molecule has 0 radical (unpaired) electrons. The Balaban J connectivity index is 1.68. The highest BCUT2D eigenvalue weighted by Crippen LogP contribution is 2.40. The molecule has 2 heterocycles. The maximum absolute atomic E-state index is 12.7. The molecule has 172 valence electrons. The molecule has 0 bridgehead atoms. The first-order valence-corrected chi connectivity index (χ1v) is 10.5. The molecule has 1 aromatic rings. The normalized spacial score (nSPS) is 29.6. The van der Waals surface area contributed by atoms with E-state index in [-0.39, 0.29) is 25.5 Å². The highest BCUT2D eigenvalue weighted by molar-refractivity contribution is 5.85. The van der Waals surface area contributed by atoms with E-state index in [0.29, 0.717) is 0 Å². The number of hydrogen-bond acceptors (Lipinski definition) is 7. The fraction of sp³-hybridized carbons (Fsp3) is 0.652. The predicted octanol–water partition coefficient (Wildman–Crippen LogP) is 2.87. The highest BCUT2D eigenvalue weighted by Gasteiger charge is 2.53. The summed E-state index contributed by atoms with van der Waals surface area (Å²) in [6.45, 7) is 11.0. The topological polar surface area (TPSA) is 94.5 Å². The van der Waals surface area contributed by atoms with Crippen molar-refractivity contribution in [2.45, 2.75) is 78.0 Å². The molecule has 4 atom stereocenters. The van der Waals surface area contributed by atoms with E-state index in [0.717, 1.165) is 5.56 Å². The minimum absolute atomic E-state index is 0.0714. The van der Waals surface area contributed by atoms with Crippen LogP contribution in [0.4, 0.5) is 4.79 Å². The van der Waals surface area contributed by atoms with Crippen LogP contribution in [0.15, 0.2) is 30.3 Å². The van der Waals surface area contributed by atoms with Crippen LogP contribution >= 0.6 is 0 Å². The average molecular weight is 436 g/mol. The van der Waals surface area contributed by atoms with Gasteiger partial charge < -0.3 is 24.1 Å². The minimum Gasteiger partial charge on any atom is -0.444 e. The quantitative estimate of drug-likeness (QED) is 0.777. The van der Waals surface area contributed by atoms with Crippen LogP contribution in [0.1, 0.15) is 47.1 Å². The third kappa shape index (κ3) is 4.92. The summed E-state index contributed by atoms with van der Waals surface area (Å²) < 4.78 is 23.0. The van der Waals surface area contributed by atoms with Gasteiger partial charge in [-0.1, -0.05) is 51.1 Å². The van der Waals surface area contributed by atoms with Gasteiger partial charge in [-0.15, -0.1) is 0 Å². The summed E-state index contributed by atoms with van der Waals surface area (Å²) in [5.41, 5.74) is -0.566. The number of benzene rings is 1. The van der Waals surface area contributed by atoms with E-state index in [4.69, 9.17) is 18.9 Å². The van der Waals surface area contributed by atoms with E-state index in [2.05, 4.69) is 0 Å². The molecule has 0 aliphatic carbocycles. The minimum atomic E-state index is -1.26. The van der Waals surface area contributed by atoms with Crippen molar-refractivity contribution in [1.29, 1.82) is 0 Å². The van der Waals surface area contributed by atoms with Crippen LogP contribution in [0.3, 0.4) is 0 Å². The van der Waals surface area contributed by atoms with E-state index in [9.17, 15) is 14.7 Å². The number of rotatable bonds is 4. The van der Waals surface area contributed by atoms with Crippen LogP contribution in [0.5, 0.6) is 0 Å². The predicted molar refractivity (Wildman–Crippen MR) is 112 cm³/mol. The van der Waals surface area contributed by atoms with E-state index >= 15 is 0 Å². The Morgan fingerprint density at radius 1 is 1.23 bits per heavy atom. The summed E-state index contributed by atoms with van der Waals surface area (Å²) in [4.78, 5) is 26.6. The van der Waals surface area contributed by atoms with Crippen molar-refractivity contribution in [3.8, 4) is 0 Å². The van der Waals surface area contributed by atoms with Gasteiger partial charge in [-0.3, -0.25) is 9.69 Å². The first-order chi connectivity index (χ1) is 14.3. The Hall–Kier alpha value is -2.00. The molecule has 3 rings (SSSR count). The third-order valence-electron chi connectivity index (χ3n) is 6.09. The van der Waals surface area contributed by atoms with Crippen molar-refractivity contribution >= 4 is 11.9 Å². The summed E-state index contributed by atoms with van der Waals surface area (Å²) in [6.07, 6.45) is -3.74. The molecule has 8 nitrogen and oxygen atoms in total. The summed E-state index contributed by atoms with van der Waals surface area (Å²) >= 11 is 0. The number of ether oxygens (including phenoxy) is 4. The molecule has 8 heteroatoms. The lowest BCUT2D eigenvalue weighted by Gasteiger charge is -2.47. The Kier molecular flexibility index (Phi) is 6.49. The van der Waals surface area contributed by atoms with E-state index < -0.39 is 41.3 Å². The van der Waals surface area contributed by atoms with Gasteiger partial charge in [0.05, 0.1) is 6.54 Å². The van der Waals surface area contributed by atoms with Crippen LogP contribution in [0.25, 0.3) is 0 Å². The zero-order valence-corrected chi connectivity index (χ0v) is 19.1. The number of ketones is 1. The number of hydrogen-bond donors (Lipinski definition) is 1. The Bertz CT molecular complexity index is 804. The summed E-state index contributed by atoms with van der Waals surface area (Å²) in [5.74, 6) is -1.41. The van der Waals surface area contributed by atoms with Gasteiger partial charge >= 0.3 is 6.09 Å². The van der Waals surface area contributed by atoms with Crippen LogP contribution in [-0.2, 0) is 30.3 Å².